The molecule has 0 saturated carbocycles. The lowest BCUT2D eigenvalue weighted by atomic mass is 10.1. The van der Waals surface area contributed by atoms with E-state index in [0.717, 1.165) is 4.90 Å². The monoisotopic (exact) mass is 402 g/mol. The van der Waals surface area contributed by atoms with Crippen LogP contribution in [0.4, 0.5) is 10.1 Å². The van der Waals surface area contributed by atoms with Gasteiger partial charge < -0.3 is 5.32 Å². The van der Waals surface area contributed by atoms with Crippen LogP contribution >= 0.6 is 35.0 Å². The summed E-state index contributed by atoms with van der Waals surface area (Å²) in [5.74, 6) is -0.778. The molecule has 132 valence electrons. The van der Waals surface area contributed by atoms with Crippen molar-refractivity contribution in [1.82, 2.24) is 5.32 Å². The van der Waals surface area contributed by atoms with Crippen LogP contribution in [0.2, 0.25) is 10.0 Å². The second kappa shape index (κ2) is 8.51. The molecule has 2 aromatic rings. The van der Waals surface area contributed by atoms with Crippen LogP contribution in [0.15, 0.2) is 41.3 Å². The third kappa shape index (κ3) is 5.32. The van der Waals surface area contributed by atoms with Crippen LogP contribution < -0.4 is 5.32 Å². The predicted octanol–water partition coefficient (Wildman–Crippen LogP) is 5.01. The number of rotatable bonds is 6. The van der Waals surface area contributed by atoms with E-state index in [1.165, 1.54) is 36.0 Å². The molecule has 0 spiro atoms. The molecule has 0 unspecified atom stereocenters. The average Bonchev–Trinajstić information content (AvgIpc) is 2.56. The highest BCUT2D eigenvalue weighted by atomic mass is 35.5. The number of nitrogens with zero attached hydrogens (tertiary/aromatic N) is 1. The van der Waals surface area contributed by atoms with E-state index in [1.54, 1.807) is 19.1 Å². The highest BCUT2D eigenvalue weighted by Crippen LogP contribution is 2.29. The van der Waals surface area contributed by atoms with Gasteiger partial charge in [0.15, 0.2) is 0 Å². The maximum Gasteiger partial charge on any atom is 0.269 e. The van der Waals surface area contributed by atoms with Gasteiger partial charge in [0, 0.05) is 22.1 Å². The molecule has 1 amide bonds. The van der Waals surface area contributed by atoms with E-state index in [2.05, 4.69) is 5.32 Å². The first kappa shape index (κ1) is 19.5. The zero-order valence-corrected chi connectivity index (χ0v) is 15.3. The third-order valence-electron chi connectivity index (χ3n) is 3.30. The fraction of sp³-hybridized carbons (Fsp3) is 0.188. The first-order valence-electron chi connectivity index (χ1n) is 7.09. The van der Waals surface area contributed by atoms with E-state index in [0.29, 0.717) is 5.56 Å². The summed E-state index contributed by atoms with van der Waals surface area (Å²) in [5.41, 5.74) is 0.416. The molecular formula is C16H13Cl2FN2O3S. The number of carbonyl (C=O) groups is 1. The smallest absolute Gasteiger partial charge is 0.269 e. The maximum absolute atomic E-state index is 13.6. The van der Waals surface area contributed by atoms with Crippen molar-refractivity contribution in [2.75, 3.05) is 5.75 Å². The van der Waals surface area contributed by atoms with Crippen LogP contribution in [0.1, 0.15) is 18.5 Å². The van der Waals surface area contributed by atoms with Crippen LogP contribution in [0.3, 0.4) is 0 Å². The molecule has 1 N–H and O–H groups in total. The average molecular weight is 403 g/mol. The number of amides is 1. The van der Waals surface area contributed by atoms with Gasteiger partial charge >= 0.3 is 0 Å². The molecule has 5 nitrogen and oxygen atoms in total. The minimum Gasteiger partial charge on any atom is -0.349 e. The number of non-ortho nitro benzene ring substituents is 1. The minimum atomic E-state index is -0.609. The molecule has 25 heavy (non-hydrogen) atoms. The molecule has 9 heteroatoms. The van der Waals surface area contributed by atoms with Gasteiger partial charge in [-0.05, 0) is 36.8 Å². The van der Waals surface area contributed by atoms with Crippen LogP contribution in [-0.2, 0) is 4.79 Å². The number of benzene rings is 2. The van der Waals surface area contributed by atoms with Gasteiger partial charge in [0.2, 0.25) is 5.91 Å². The molecule has 0 radical (unpaired) electrons. The van der Waals surface area contributed by atoms with Crippen LogP contribution in [-0.4, -0.2) is 16.6 Å². The highest BCUT2D eigenvalue weighted by molar-refractivity contribution is 8.00. The Balaban J connectivity index is 1.93. The van der Waals surface area contributed by atoms with Crippen molar-refractivity contribution in [3.05, 3.63) is 67.9 Å². The van der Waals surface area contributed by atoms with E-state index in [4.69, 9.17) is 23.2 Å². The van der Waals surface area contributed by atoms with Gasteiger partial charge in [-0.25, -0.2) is 4.39 Å². The lowest BCUT2D eigenvalue weighted by molar-refractivity contribution is -0.384. The number of carbonyl (C=O) groups excluding carboxylic acids is 1. The molecule has 0 bridgehead atoms. The minimum absolute atomic E-state index is 0.0122. The normalized spacial score (nSPS) is 11.8. The molecule has 2 aromatic carbocycles. The lowest BCUT2D eigenvalue weighted by Gasteiger charge is -2.16. The molecule has 1 atom stereocenters. The van der Waals surface area contributed by atoms with Gasteiger partial charge in [-0.15, -0.1) is 11.8 Å². The first-order chi connectivity index (χ1) is 11.8. The van der Waals surface area contributed by atoms with E-state index in [9.17, 15) is 19.3 Å². The van der Waals surface area contributed by atoms with Crippen molar-refractivity contribution >= 4 is 46.6 Å². The van der Waals surface area contributed by atoms with E-state index >= 15 is 0 Å². The Labute approximate surface area is 157 Å². The number of halogens is 3. The summed E-state index contributed by atoms with van der Waals surface area (Å²) in [5, 5.41) is 13.5. The summed E-state index contributed by atoms with van der Waals surface area (Å²) in [6.45, 7) is 1.68. The molecule has 0 fully saturated rings. The van der Waals surface area contributed by atoms with Crippen molar-refractivity contribution in [2.45, 2.75) is 17.9 Å². The van der Waals surface area contributed by atoms with Gasteiger partial charge in [-0.3, -0.25) is 14.9 Å². The van der Waals surface area contributed by atoms with Gasteiger partial charge in [-0.1, -0.05) is 23.2 Å². The molecule has 0 aliphatic rings. The van der Waals surface area contributed by atoms with Gasteiger partial charge in [0.05, 0.1) is 21.7 Å². The number of nitro groups is 1. The number of hydrogen-bond acceptors (Lipinski definition) is 4. The van der Waals surface area contributed by atoms with Gasteiger partial charge in [0.25, 0.3) is 5.69 Å². The summed E-state index contributed by atoms with van der Waals surface area (Å²) in [7, 11) is 0. The lowest BCUT2D eigenvalue weighted by Crippen LogP contribution is -2.28. The first-order valence-corrected chi connectivity index (χ1v) is 8.83. The van der Waals surface area contributed by atoms with Crippen molar-refractivity contribution in [2.24, 2.45) is 0 Å². The molecule has 0 aliphatic carbocycles. The SMILES string of the molecule is C[C@H](NC(=O)CSc1ccc([N+](=O)[O-])cc1)c1cc(F)c(Cl)cc1Cl. The van der Waals surface area contributed by atoms with Gasteiger partial charge in [-0.2, -0.15) is 0 Å². The molecule has 2 rings (SSSR count). The Hall–Kier alpha value is -1.83. The Kier molecular flexibility index (Phi) is 6.64. The Morgan fingerprint density at radius 2 is 1.92 bits per heavy atom. The second-order valence-corrected chi connectivity index (χ2v) is 6.98. The molecule has 0 saturated heterocycles. The van der Waals surface area contributed by atoms with Crippen LogP contribution in [0.25, 0.3) is 0 Å². The summed E-state index contributed by atoms with van der Waals surface area (Å²) >= 11 is 12.9. The van der Waals surface area contributed by atoms with Crippen molar-refractivity contribution in [3.63, 3.8) is 0 Å². The standard InChI is InChI=1S/C16H13Cl2FN2O3S/c1-9(12-6-15(19)14(18)7-13(12)17)20-16(22)8-25-11-4-2-10(3-5-11)21(23)24/h2-7,9H,8H2,1H3,(H,20,22)/t9-/m0/s1. The van der Waals surface area contributed by atoms with E-state index in [1.807, 2.05) is 0 Å². The fourth-order valence-corrected chi connectivity index (χ4v) is 3.30. The Morgan fingerprint density at radius 1 is 1.28 bits per heavy atom. The highest BCUT2D eigenvalue weighted by Gasteiger charge is 2.16. The zero-order chi connectivity index (χ0) is 18.6. The van der Waals surface area contributed by atoms with Crippen LogP contribution in [0, 0.1) is 15.9 Å². The quantitative estimate of drug-likeness (QED) is 0.319. The summed E-state index contributed by atoms with van der Waals surface area (Å²) < 4.78 is 13.6. The summed E-state index contributed by atoms with van der Waals surface area (Å²) in [6.07, 6.45) is 0. The van der Waals surface area contributed by atoms with Gasteiger partial charge in [0.1, 0.15) is 5.82 Å². The number of thioether (sulfide) groups is 1. The van der Waals surface area contributed by atoms with Crippen molar-refractivity contribution in [1.29, 1.82) is 0 Å². The molecule has 0 aromatic heterocycles. The van der Waals surface area contributed by atoms with Crippen molar-refractivity contribution in [3.8, 4) is 0 Å². The second-order valence-electron chi connectivity index (χ2n) is 5.12. The van der Waals surface area contributed by atoms with Crippen LogP contribution in [0.5, 0.6) is 0 Å². The van der Waals surface area contributed by atoms with E-state index in [-0.39, 0.29) is 27.4 Å². The zero-order valence-electron chi connectivity index (χ0n) is 13.0. The number of nitrogens with one attached hydrogen (secondary N) is 1. The topological polar surface area (TPSA) is 72.2 Å². The number of hydrogen-bond donors (Lipinski definition) is 1. The van der Waals surface area contributed by atoms with E-state index < -0.39 is 16.8 Å². The van der Waals surface area contributed by atoms with Crippen molar-refractivity contribution < 1.29 is 14.1 Å². The largest absolute Gasteiger partial charge is 0.349 e. The predicted molar refractivity (Wildman–Crippen MR) is 96.8 cm³/mol. The molecule has 0 aliphatic heterocycles. The maximum atomic E-state index is 13.6. The fourth-order valence-electron chi connectivity index (χ4n) is 2.04. The molecular weight excluding hydrogens is 390 g/mol. The number of nitro benzene ring substituents is 1. The Bertz CT molecular complexity index is 803. The summed E-state index contributed by atoms with van der Waals surface area (Å²) in [4.78, 5) is 22.9. The summed E-state index contributed by atoms with van der Waals surface area (Å²) in [6, 6.07) is 7.89. The Morgan fingerprint density at radius 3 is 2.52 bits per heavy atom. The molecule has 0 heterocycles. The third-order valence-corrected chi connectivity index (χ3v) is 4.93.